The van der Waals surface area contributed by atoms with Crippen LogP contribution in [0.5, 0.6) is 0 Å². The summed E-state index contributed by atoms with van der Waals surface area (Å²) >= 11 is 1.07. The highest BCUT2D eigenvalue weighted by atomic mass is 32.3. The molecule has 2 atom stereocenters. The van der Waals surface area contributed by atoms with Crippen LogP contribution in [0.1, 0.15) is 47.0 Å². The van der Waals surface area contributed by atoms with E-state index in [1.807, 2.05) is 0 Å². The first-order valence-electron chi connectivity index (χ1n) is 9.91. The zero-order chi connectivity index (χ0) is 24.7. The standard InChI is InChI=1S/C14H23N3O7S2.C4H8O2/c1-9(18)25-8-14(2,3)7-23-26(21,22)24-17-10-4-5-11(12(15)19)16(6-10)13(17)20;1-3-4(5)6-2/h10-11H,4-8H2,1-3H3,(H2,15,19);3H2,1-2H3/t10-,11+;/m1./s1. The molecule has 0 spiro atoms. The lowest BCUT2D eigenvalue weighted by molar-refractivity contribution is -0.140. The van der Waals surface area contributed by atoms with Gasteiger partial charge in [0, 0.05) is 25.6 Å². The van der Waals surface area contributed by atoms with Gasteiger partial charge in [0.1, 0.15) is 6.04 Å². The molecule has 0 aliphatic carbocycles. The van der Waals surface area contributed by atoms with Gasteiger partial charge in [0.15, 0.2) is 5.12 Å². The van der Waals surface area contributed by atoms with Crippen molar-refractivity contribution < 1.29 is 40.8 Å². The predicted molar refractivity (Wildman–Crippen MR) is 115 cm³/mol. The molecule has 0 aromatic heterocycles. The summed E-state index contributed by atoms with van der Waals surface area (Å²) in [6.07, 6.45) is 1.21. The second-order valence-electron chi connectivity index (χ2n) is 8.03. The number of carbonyl (C=O) groups is 4. The Morgan fingerprint density at radius 3 is 2.34 bits per heavy atom. The lowest BCUT2D eigenvalue weighted by atomic mass is 9.98. The molecular weight excluding hydrogens is 466 g/mol. The van der Waals surface area contributed by atoms with Crippen molar-refractivity contribution in [3.8, 4) is 0 Å². The van der Waals surface area contributed by atoms with Crippen molar-refractivity contribution >= 4 is 45.2 Å². The summed E-state index contributed by atoms with van der Waals surface area (Å²) in [7, 11) is -3.10. The fraction of sp³-hybridized carbons (Fsp3) is 0.778. The molecule has 0 unspecified atom stereocenters. The van der Waals surface area contributed by atoms with Gasteiger partial charge in [-0.3, -0.25) is 14.4 Å². The van der Waals surface area contributed by atoms with E-state index in [4.69, 9.17) is 14.2 Å². The molecule has 0 aromatic carbocycles. The first kappa shape index (κ1) is 28.1. The zero-order valence-corrected chi connectivity index (χ0v) is 20.5. The maximum atomic E-state index is 12.3. The molecule has 12 nitrogen and oxygen atoms in total. The average Bonchev–Trinajstić information content (AvgIpc) is 2.95. The number of methoxy groups -OCH3 is 1. The summed E-state index contributed by atoms with van der Waals surface area (Å²) in [5, 5.41) is 0.653. The molecule has 0 aromatic rings. The molecule has 2 aliphatic rings. The van der Waals surface area contributed by atoms with E-state index < -0.39 is 39.8 Å². The van der Waals surface area contributed by atoms with E-state index in [0.29, 0.717) is 25.0 Å². The highest BCUT2D eigenvalue weighted by Gasteiger charge is 2.49. The van der Waals surface area contributed by atoms with Gasteiger partial charge >= 0.3 is 22.4 Å². The molecule has 2 heterocycles. The fourth-order valence-corrected chi connectivity index (χ4v) is 4.43. The SMILES string of the molecule is CC(=O)SCC(C)(C)COS(=O)(=O)ON1C(=O)N2C[C@H]1CC[C@H]2C(N)=O.CCC(=O)OC. The third-order valence-electron chi connectivity index (χ3n) is 4.60. The van der Waals surface area contributed by atoms with Gasteiger partial charge in [-0.2, -0.15) is 13.5 Å². The van der Waals surface area contributed by atoms with Crippen molar-refractivity contribution in [3.05, 3.63) is 0 Å². The van der Waals surface area contributed by atoms with E-state index >= 15 is 0 Å². The number of nitrogens with zero attached hydrogens (tertiary/aromatic N) is 2. The van der Waals surface area contributed by atoms with Gasteiger partial charge < -0.3 is 15.4 Å². The van der Waals surface area contributed by atoms with Crippen molar-refractivity contribution in [3.63, 3.8) is 0 Å². The number of rotatable bonds is 9. The average molecular weight is 498 g/mol. The largest absolute Gasteiger partial charge is 0.469 e. The lowest BCUT2D eigenvalue weighted by Gasteiger charge is -2.27. The summed E-state index contributed by atoms with van der Waals surface area (Å²) in [6, 6.07) is -1.98. The molecule has 2 fully saturated rings. The van der Waals surface area contributed by atoms with Crippen molar-refractivity contribution in [1.82, 2.24) is 9.96 Å². The van der Waals surface area contributed by atoms with Crippen LogP contribution in [0.2, 0.25) is 0 Å². The molecular formula is C18H31N3O9S2. The van der Waals surface area contributed by atoms with Crippen LogP contribution in [-0.4, -0.2) is 79.5 Å². The zero-order valence-electron chi connectivity index (χ0n) is 18.9. The van der Waals surface area contributed by atoms with Crippen LogP contribution >= 0.6 is 11.8 Å². The predicted octanol–water partition coefficient (Wildman–Crippen LogP) is 0.809. The van der Waals surface area contributed by atoms with Crippen molar-refractivity contribution in [1.29, 1.82) is 0 Å². The van der Waals surface area contributed by atoms with Crippen LogP contribution in [0, 0.1) is 5.41 Å². The van der Waals surface area contributed by atoms with Crippen LogP contribution in [0.3, 0.4) is 0 Å². The van der Waals surface area contributed by atoms with E-state index in [1.165, 1.54) is 18.9 Å². The van der Waals surface area contributed by atoms with Gasteiger partial charge in [-0.15, -0.1) is 4.28 Å². The van der Waals surface area contributed by atoms with Crippen molar-refractivity contribution in [2.45, 2.75) is 59.0 Å². The van der Waals surface area contributed by atoms with E-state index in [0.717, 1.165) is 16.8 Å². The first-order chi connectivity index (χ1) is 14.7. The van der Waals surface area contributed by atoms with Gasteiger partial charge in [0.25, 0.3) is 0 Å². The second kappa shape index (κ2) is 11.8. The third kappa shape index (κ3) is 8.56. The number of fused-ring (bicyclic) bond motifs is 2. The van der Waals surface area contributed by atoms with Crippen LogP contribution in [0.4, 0.5) is 4.79 Å². The molecule has 32 heavy (non-hydrogen) atoms. The number of urea groups is 1. The van der Waals surface area contributed by atoms with Gasteiger partial charge in [-0.1, -0.05) is 32.5 Å². The Morgan fingerprint density at radius 2 is 1.88 bits per heavy atom. The molecule has 2 aliphatic heterocycles. The minimum Gasteiger partial charge on any atom is -0.469 e. The van der Waals surface area contributed by atoms with Crippen LogP contribution in [-0.2, 0) is 38.0 Å². The summed E-state index contributed by atoms with van der Waals surface area (Å²) in [5.41, 5.74) is 4.67. The summed E-state index contributed by atoms with van der Waals surface area (Å²) < 4.78 is 38.2. The summed E-state index contributed by atoms with van der Waals surface area (Å²) in [4.78, 5) is 45.9. The smallest absolute Gasteiger partial charge is 0.421 e. The fourth-order valence-electron chi connectivity index (χ4n) is 2.86. The molecule has 0 saturated carbocycles. The number of carbonyl (C=O) groups excluding carboxylic acids is 4. The number of thioether (sulfide) groups is 1. The Morgan fingerprint density at radius 1 is 1.25 bits per heavy atom. The number of hydrogen-bond donors (Lipinski definition) is 1. The molecule has 0 radical (unpaired) electrons. The van der Waals surface area contributed by atoms with E-state index in [9.17, 15) is 27.6 Å². The van der Waals surface area contributed by atoms with Crippen LogP contribution in [0.15, 0.2) is 0 Å². The molecule has 2 N–H and O–H groups in total. The molecule has 2 bridgehead atoms. The molecule has 3 amide bonds. The Bertz CT molecular complexity index is 811. The topological polar surface area (TPSA) is 163 Å². The maximum Gasteiger partial charge on any atom is 0.421 e. The second-order valence-corrected chi connectivity index (χ2v) is 10.4. The number of primary amides is 1. The third-order valence-corrected chi connectivity index (χ3v) is 6.68. The minimum atomic E-state index is -4.48. The highest BCUT2D eigenvalue weighted by Crippen LogP contribution is 2.31. The number of nitrogens with two attached hydrogens (primary N) is 1. The Hall–Kier alpha value is -1.90. The Kier molecular flexibility index (Phi) is 10.4. The number of amides is 3. The van der Waals surface area contributed by atoms with E-state index in [-0.39, 0.29) is 24.2 Å². The highest BCUT2D eigenvalue weighted by molar-refractivity contribution is 8.13. The normalized spacial score (nSPS) is 20.5. The first-order valence-corrected chi connectivity index (χ1v) is 12.2. The lowest BCUT2D eigenvalue weighted by Crippen LogP contribution is -2.47. The van der Waals surface area contributed by atoms with Crippen molar-refractivity contribution in [2.24, 2.45) is 11.1 Å². The number of ether oxygens (including phenoxy) is 1. The summed E-state index contributed by atoms with van der Waals surface area (Å²) in [6.45, 7) is 6.63. The summed E-state index contributed by atoms with van der Waals surface area (Å²) in [5.74, 6) is -0.422. The van der Waals surface area contributed by atoms with E-state index in [1.54, 1.807) is 20.8 Å². The van der Waals surface area contributed by atoms with Gasteiger partial charge in [0.2, 0.25) is 5.91 Å². The number of piperidine rings is 1. The Balaban J connectivity index is 0.000000751. The number of esters is 1. The van der Waals surface area contributed by atoms with Crippen LogP contribution in [0.25, 0.3) is 0 Å². The van der Waals surface area contributed by atoms with E-state index in [2.05, 4.69) is 4.74 Å². The van der Waals surface area contributed by atoms with Gasteiger partial charge in [-0.05, 0) is 18.3 Å². The quantitative estimate of drug-likeness (QED) is 0.451. The number of hydrogen-bond acceptors (Lipinski definition) is 10. The number of hydroxylamine groups is 2. The molecule has 184 valence electrons. The van der Waals surface area contributed by atoms with Crippen LogP contribution < -0.4 is 5.73 Å². The Labute approximate surface area is 192 Å². The van der Waals surface area contributed by atoms with Gasteiger partial charge in [0.05, 0.1) is 19.8 Å². The molecule has 2 rings (SSSR count). The maximum absolute atomic E-state index is 12.3. The monoisotopic (exact) mass is 497 g/mol. The molecule has 14 heteroatoms. The minimum absolute atomic E-state index is 0.0785. The molecule has 2 saturated heterocycles. The van der Waals surface area contributed by atoms with Gasteiger partial charge in [-0.25, -0.2) is 8.98 Å². The van der Waals surface area contributed by atoms with Crippen molar-refractivity contribution in [2.75, 3.05) is 26.0 Å².